The minimum atomic E-state index is 0. The first-order valence-electron chi connectivity index (χ1n) is 9.00. The van der Waals surface area contributed by atoms with Gasteiger partial charge in [-0.2, -0.15) is 0 Å². The van der Waals surface area contributed by atoms with Gasteiger partial charge in [-0.15, -0.1) is 23.7 Å². The molecule has 2 heterocycles. The number of hydrogen-bond acceptors (Lipinski definition) is 4. The van der Waals surface area contributed by atoms with Crippen molar-refractivity contribution >= 4 is 23.7 Å². The highest BCUT2D eigenvalue weighted by Gasteiger charge is 2.22. The summed E-state index contributed by atoms with van der Waals surface area (Å²) in [7, 11) is 2.26. The molecule has 0 bridgehead atoms. The van der Waals surface area contributed by atoms with Crippen LogP contribution in [0.5, 0.6) is 0 Å². The standard InChI is InChI=1S/C20H29N3S.ClH/c1-14-5-7-18(8-6-14)20-22-15(2)19(24-20)16(3)23(4)13-17-9-11-21-12-10-17;/h5-8,16-17,21H,9-13H2,1-4H3;1H. The molecule has 138 valence electrons. The normalized spacial score (nSPS) is 16.7. The molecule has 1 aromatic carbocycles. The monoisotopic (exact) mass is 379 g/mol. The molecule has 3 rings (SSSR count). The number of rotatable bonds is 5. The quantitative estimate of drug-likeness (QED) is 0.805. The summed E-state index contributed by atoms with van der Waals surface area (Å²) in [6.07, 6.45) is 2.60. The van der Waals surface area contributed by atoms with E-state index >= 15 is 0 Å². The van der Waals surface area contributed by atoms with Crippen molar-refractivity contribution in [1.82, 2.24) is 15.2 Å². The molecule has 1 aliphatic heterocycles. The Kier molecular flexibility index (Phi) is 7.44. The van der Waals surface area contributed by atoms with Crippen molar-refractivity contribution in [2.45, 2.75) is 39.7 Å². The molecule has 1 N–H and O–H groups in total. The summed E-state index contributed by atoms with van der Waals surface area (Å²) in [5.74, 6) is 0.823. The van der Waals surface area contributed by atoms with E-state index in [1.54, 1.807) is 0 Å². The van der Waals surface area contributed by atoms with E-state index in [1.165, 1.54) is 54.2 Å². The van der Waals surface area contributed by atoms with Gasteiger partial charge in [-0.05, 0) is 59.7 Å². The van der Waals surface area contributed by atoms with Crippen molar-refractivity contribution in [2.24, 2.45) is 5.92 Å². The van der Waals surface area contributed by atoms with Gasteiger partial charge >= 0.3 is 0 Å². The molecule has 1 aromatic heterocycles. The third-order valence-electron chi connectivity index (χ3n) is 5.18. The van der Waals surface area contributed by atoms with Gasteiger partial charge in [0.1, 0.15) is 5.01 Å². The summed E-state index contributed by atoms with van der Waals surface area (Å²) in [4.78, 5) is 8.76. The van der Waals surface area contributed by atoms with Gasteiger partial charge in [-0.25, -0.2) is 4.98 Å². The molecular weight excluding hydrogens is 350 g/mol. The maximum Gasteiger partial charge on any atom is 0.123 e. The molecule has 1 saturated heterocycles. The van der Waals surface area contributed by atoms with Gasteiger partial charge < -0.3 is 5.32 Å². The van der Waals surface area contributed by atoms with E-state index in [-0.39, 0.29) is 12.4 Å². The fraction of sp³-hybridized carbons (Fsp3) is 0.550. The molecule has 2 aromatic rings. The van der Waals surface area contributed by atoms with Crippen molar-refractivity contribution < 1.29 is 0 Å². The van der Waals surface area contributed by atoms with Crippen LogP contribution in [0.3, 0.4) is 0 Å². The van der Waals surface area contributed by atoms with Crippen LogP contribution < -0.4 is 5.32 Å². The van der Waals surface area contributed by atoms with Crippen LogP contribution in [0, 0.1) is 19.8 Å². The zero-order valence-electron chi connectivity index (χ0n) is 15.7. The summed E-state index contributed by atoms with van der Waals surface area (Å²) in [5.41, 5.74) is 3.70. The van der Waals surface area contributed by atoms with E-state index in [0.29, 0.717) is 6.04 Å². The van der Waals surface area contributed by atoms with Crippen LogP contribution in [0.25, 0.3) is 10.6 Å². The molecule has 0 spiro atoms. The van der Waals surface area contributed by atoms with Crippen molar-refractivity contribution in [3.63, 3.8) is 0 Å². The maximum atomic E-state index is 4.84. The Bertz CT molecular complexity index is 662. The molecule has 0 amide bonds. The Hall–Kier alpha value is -0.940. The lowest BCUT2D eigenvalue weighted by atomic mass is 9.97. The fourth-order valence-electron chi connectivity index (χ4n) is 3.45. The van der Waals surface area contributed by atoms with Crippen LogP contribution in [0.2, 0.25) is 0 Å². The zero-order valence-corrected chi connectivity index (χ0v) is 17.3. The number of aryl methyl sites for hydroxylation is 2. The smallest absolute Gasteiger partial charge is 0.123 e. The summed E-state index contributed by atoms with van der Waals surface area (Å²) in [6.45, 7) is 10.1. The third kappa shape index (κ3) is 5.04. The average molecular weight is 380 g/mol. The van der Waals surface area contributed by atoms with E-state index in [2.05, 4.69) is 62.3 Å². The van der Waals surface area contributed by atoms with Crippen molar-refractivity contribution in [3.05, 3.63) is 40.4 Å². The van der Waals surface area contributed by atoms with Crippen LogP contribution >= 0.6 is 23.7 Å². The topological polar surface area (TPSA) is 28.2 Å². The largest absolute Gasteiger partial charge is 0.317 e. The highest BCUT2D eigenvalue weighted by Crippen LogP contribution is 2.34. The highest BCUT2D eigenvalue weighted by atomic mass is 35.5. The molecule has 0 radical (unpaired) electrons. The molecule has 0 saturated carbocycles. The van der Waals surface area contributed by atoms with Crippen LogP contribution in [0.4, 0.5) is 0 Å². The SMILES string of the molecule is Cc1ccc(-c2nc(C)c(C(C)N(C)CC3CCNCC3)s2)cc1.Cl. The number of nitrogens with one attached hydrogen (secondary N) is 1. The van der Waals surface area contributed by atoms with Crippen molar-refractivity contribution in [3.8, 4) is 10.6 Å². The molecule has 5 heteroatoms. The predicted molar refractivity (Wildman–Crippen MR) is 111 cm³/mol. The number of halogens is 1. The van der Waals surface area contributed by atoms with Gasteiger partial charge in [-0.1, -0.05) is 29.8 Å². The van der Waals surface area contributed by atoms with Crippen molar-refractivity contribution in [2.75, 3.05) is 26.7 Å². The second-order valence-corrected chi connectivity index (χ2v) is 8.17. The number of aromatic nitrogens is 1. The Balaban J connectivity index is 0.00000225. The third-order valence-corrected chi connectivity index (χ3v) is 6.55. The first kappa shape index (κ1) is 20.4. The molecular formula is C20H30ClN3S. The minimum absolute atomic E-state index is 0. The second kappa shape index (κ2) is 9.13. The first-order chi connectivity index (χ1) is 11.5. The van der Waals surface area contributed by atoms with E-state index in [9.17, 15) is 0 Å². The molecule has 3 nitrogen and oxygen atoms in total. The van der Waals surface area contributed by atoms with Crippen molar-refractivity contribution in [1.29, 1.82) is 0 Å². The average Bonchev–Trinajstić information content (AvgIpc) is 2.97. The number of hydrogen-bond donors (Lipinski definition) is 1. The van der Waals surface area contributed by atoms with Crippen LogP contribution in [0.1, 0.15) is 41.9 Å². The Morgan fingerprint density at radius 1 is 1.20 bits per heavy atom. The molecule has 1 fully saturated rings. The number of piperidine rings is 1. The molecule has 1 atom stereocenters. The predicted octanol–water partition coefficient (Wildman–Crippen LogP) is 4.84. The van der Waals surface area contributed by atoms with Gasteiger partial charge in [-0.3, -0.25) is 4.90 Å². The number of thiazole rings is 1. The Labute approximate surface area is 162 Å². The van der Waals surface area contributed by atoms with Gasteiger partial charge in [0.15, 0.2) is 0 Å². The first-order valence-corrected chi connectivity index (χ1v) is 9.81. The second-order valence-electron chi connectivity index (χ2n) is 7.14. The minimum Gasteiger partial charge on any atom is -0.317 e. The van der Waals surface area contributed by atoms with E-state index in [0.717, 1.165) is 10.9 Å². The summed E-state index contributed by atoms with van der Waals surface area (Å²) >= 11 is 1.85. The molecule has 0 aliphatic carbocycles. The summed E-state index contributed by atoms with van der Waals surface area (Å²) in [6, 6.07) is 9.12. The van der Waals surface area contributed by atoms with Crippen LogP contribution in [-0.2, 0) is 0 Å². The highest BCUT2D eigenvalue weighted by molar-refractivity contribution is 7.15. The lowest BCUT2D eigenvalue weighted by Gasteiger charge is -2.31. The lowest BCUT2D eigenvalue weighted by Crippen LogP contribution is -2.35. The van der Waals surface area contributed by atoms with Gasteiger partial charge in [0.05, 0.1) is 5.69 Å². The summed E-state index contributed by atoms with van der Waals surface area (Å²) < 4.78 is 0. The van der Waals surface area contributed by atoms with E-state index in [4.69, 9.17) is 4.98 Å². The maximum absolute atomic E-state index is 4.84. The fourth-order valence-corrected chi connectivity index (χ4v) is 4.63. The van der Waals surface area contributed by atoms with Crippen LogP contribution in [-0.4, -0.2) is 36.6 Å². The molecule has 1 aliphatic rings. The lowest BCUT2D eigenvalue weighted by molar-refractivity contribution is 0.198. The van der Waals surface area contributed by atoms with E-state index in [1.807, 2.05) is 11.3 Å². The summed E-state index contributed by atoms with van der Waals surface area (Å²) in [5, 5.41) is 4.60. The number of benzene rings is 1. The number of nitrogens with zero attached hydrogens (tertiary/aromatic N) is 2. The molecule has 1 unspecified atom stereocenters. The Morgan fingerprint density at radius 2 is 1.84 bits per heavy atom. The van der Waals surface area contributed by atoms with Crippen LogP contribution in [0.15, 0.2) is 24.3 Å². The van der Waals surface area contributed by atoms with Gasteiger partial charge in [0, 0.05) is 23.0 Å². The Morgan fingerprint density at radius 3 is 2.48 bits per heavy atom. The zero-order chi connectivity index (χ0) is 17.1. The van der Waals surface area contributed by atoms with E-state index < -0.39 is 0 Å². The van der Waals surface area contributed by atoms with Gasteiger partial charge in [0.2, 0.25) is 0 Å². The molecule has 25 heavy (non-hydrogen) atoms. The van der Waals surface area contributed by atoms with Gasteiger partial charge in [0.25, 0.3) is 0 Å².